The molecule has 0 spiro atoms. The first-order chi connectivity index (χ1) is 6.97. The smallest absolute Gasteiger partial charge is 0.162 e. The van der Waals surface area contributed by atoms with Gasteiger partial charge in [0.05, 0.1) is 0 Å². The zero-order chi connectivity index (χ0) is 10.2. The van der Waals surface area contributed by atoms with Gasteiger partial charge in [0.25, 0.3) is 0 Å². The molecule has 2 aromatic rings. The Bertz CT molecular complexity index is 308. The molecule has 3 heteroatoms. The molecule has 0 N–H and O–H groups in total. The number of hydrogen-bond acceptors (Lipinski definition) is 3. The van der Waals surface area contributed by atoms with Crippen LogP contribution in [0.4, 0.5) is 0 Å². The van der Waals surface area contributed by atoms with Crippen LogP contribution in [0, 0.1) is 0 Å². The van der Waals surface area contributed by atoms with Gasteiger partial charge >= 0.3 is 0 Å². The van der Waals surface area contributed by atoms with E-state index in [0.717, 1.165) is 5.56 Å². The Morgan fingerprint density at radius 3 is 2.00 bits per heavy atom. The minimum Gasteiger partial charge on any atom is -0.225 e. The summed E-state index contributed by atoms with van der Waals surface area (Å²) in [4.78, 5) is 11.8. The van der Waals surface area contributed by atoms with E-state index in [1.807, 2.05) is 44.2 Å². The molecule has 0 amide bonds. The molecule has 1 aromatic heterocycles. The van der Waals surface area contributed by atoms with Gasteiger partial charge in [-0.05, 0) is 0 Å². The van der Waals surface area contributed by atoms with Crippen molar-refractivity contribution in [2.24, 2.45) is 0 Å². The Morgan fingerprint density at radius 2 is 1.43 bits per heavy atom. The topological polar surface area (TPSA) is 38.7 Å². The van der Waals surface area contributed by atoms with Crippen LogP contribution in [0.1, 0.15) is 13.8 Å². The van der Waals surface area contributed by atoms with Crippen LogP contribution in [0.5, 0.6) is 0 Å². The molecule has 1 aromatic carbocycles. The molecule has 0 fully saturated rings. The summed E-state index contributed by atoms with van der Waals surface area (Å²) < 4.78 is 0. The maximum atomic E-state index is 4.03. The van der Waals surface area contributed by atoms with Crippen molar-refractivity contribution in [1.29, 1.82) is 0 Å². The number of aromatic nitrogens is 3. The van der Waals surface area contributed by atoms with Gasteiger partial charge in [0.15, 0.2) is 5.82 Å². The minimum atomic E-state index is 0.714. The third kappa shape index (κ3) is 2.62. The summed E-state index contributed by atoms with van der Waals surface area (Å²) in [7, 11) is 0. The fourth-order valence-corrected chi connectivity index (χ4v) is 0.975. The van der Waals surface area contributed by atoms with Crippen LogP contribution in [0.2, 0.25) is 0 Å². The fraction of sp³-hybridized carbons (Fsp3) is 0.182. The largest absolute Gasteiger partial charge is 0.225 e. The van der Waals surface area contributed by atoms with Crippen LogP contribution in [-0.4, -0.2) is 15.0 Å². The Hall–Kier alpha value is -1.77. The first-order valence-electron chi connectivity index (χ1n) is 4.64. The molecular formula is C11H13N3. The van der Waals surface area contributed by atoms with E-state index in [4.69, 9.17) is 0 Å². The second-order valence-corrected chi connectivity index (χ2v) is 2.33. The van der Waals surface area contributed by atoms with Gasteiger partial charge in [-0.25, -0.2) is 15.0 Å². The molecule has 0 aliphatic rings. The van der Waals surface area contributed by atoms with Gasteiger partial charge in [0.1, 0.15) is 12.7 Å². The molecule has 0 saturated carbocycles. The normalized spacial score (nSPS) is 8.71. The van der Waals surface area contributed by atoms with Crippen molar-refractivity contribution >= 4 is 0 Å². The lowest BCUT2D eigenvalue weighted by Gasteiger charge is -1.95. The van der Waals surface area contributed by atoms with E-state index < -0.39 is 0 Å². The third-order valence-corrected chi connectivity index (χ3v) is 1.53. The summed E-state index contributed by atoms with van der Waals surface area (Å²) in [5, 5.41) is 0. The third-order valence-electron chi connectivity index (χ3n) is 1.53. The van der Waals surface area contributed by atoms with Crippen molar-refractivity contribution in [3.05, 3.63) is 43.0 Å². The molecule has 0 aliphatic carbocycles. The van der Waals surface area contributed by atoms with Crippen LogP contribution in [-0.2, 0) is 0 Å². The average Bonchev–Trinajstić information content (AvgIpc) is 2.34. The van der Waals surface area contributed by atoms with E-state index in [9.17, 15) is 0 Å². The Labute approximate surface area is 83.9 Å². The molecule has 3 nitrogen and oxygen atoms in total. The summed E-state index contributed by atoms with van der Waals surface area (Å²) in [5.41, 5.74) is 1.01. The quantitative estimate of drug-likeness (QED) is 0.688. The van der Waals surface area contributed by atoms with Gasteiger partial charge in [-0.1, -0.05) is 44.2 Å². The van der Waals surface area contributed by atoms with Gasteiger partial charge in [-0.2, -0.15) is 0 Å². The number of benzene rings is 1. The van der Waals surface area contributed by atoms with Gasteiger partial charge < -0.3 is 0 Å². The Kier molecular flexibility index (Phi) is 4.27. The molecule has 0 atom stereocenters. The average molecular weight is 187 g/mol. The van der Waals surface area contributed by atoms with E-state index in [2.05, 4.69) is 15.0 Å². The molecule has 0 radical (unpaired) electrons. The minimum absolute atomic E-state index is 0.714. The SMILES string of the molecule is CC.c1ccc(-c2ncncn2)cc1. The summed E-state index contributed by atoms with van der Waals surface area (Å²) in [5.74, 6) is 0.714. The first kappa shape index (κ1) is 10.3. The van der Waals surface area contributed by atoms with Crippen molar-refractivity contribution in [1.82, 2.24) is 15.0 Å². The zero-order valence-electron chi connectivity index (χ0n) is 8.38. The standard InChI is InChI=1S/C9H7N3.C2H6/c1-2-4-8(5-3-1)9-11-6-10-7-12-9;1-2/h1-7H;1-2H3. The molecule has 0 unspecified atom stereocenters. The van der Waals surface area contributed by atoms with Crippen molar-refractivity contribution in [3.63, 3.8) is 0 Å². The highest BCUT2D eigenvalue weighted by atomic mass is 15.0. The number of hydrogen-bond donors (Lipinski definition) is 0. The molecule has 14 heavy (non-hydrogen) atoms. The summed E-state index contributed by atoms with van der Waals surface area (Å²) >= 11 is 0. The van der Waals surface area contributed by atoms with Gasteiger partial charge in [-0.15, -0.1) is 0 Å². The Balaban J connectivity index is 0.000000461. The summed E-state index contributed by atoms with van der Waals surface area (Å²) in [6.07, 6.45) is 2.99. The zero-order valence-corrected chi connectivity index (χ0v) is 8.38. The molecule has 1 heterocycles. The van der Waals surface area contributed by atoms with Gasteiger partial charge in [0.2, 0.25) is 0 Å². The van der Waals surface area contributed by atoms with Crippen molar-refractivity contribution < 1.29 is 0 Å². The van der Waals surface area contributed by atoms with E-state index >= 15 is 0 Å². The molecule has 0 aliphatic heterocycles. The number of rotatable bonds is 1. The van der Waals surface area contributed by atoms with Gasteiger partial charge in [0, 0.05) is 5.56 Å². The highest BCUT2D eigenvalue weighted by molar-refractivity contribution is 5.53. The van der Waals surface area contributed by atoms with Crippen LogP contribution in [0.3, 0.4) is 0 Å². The van der Waals surface area contributed by atoms with Crippen LogP contribution >= 0.6 is 0 Å². The van der Waals surface area contributed by atoms with E-state index in [1.54, 1.807) is 0 Å². The van der Waals surface area contributed by atoms with Crippen molar-refractivity contribution in [2.45, 2.75) is 13.8 Å². The monoisotopic (exact) mass is 187 g/mol. The van der Waals surface area contributed by atoms with E-state index in [1.165, 1.54) is 12.7 Å². The van der Waals surface area contributed by atoms with Crippen LogP contribution in [0.15, 0.2) is 43.0 Å². The predicted molar refractivity (Wildman–Crippen MR) is 56.6 cm³/mol. The Morgan fingerprint density at radius 1 is 0.857 bits per heavy atom. The van der Waals surface area contributed by atoms with E-state index in [0.29, 0.717) is 5.82 Å². The van der Waals surface area contributed by atoms with Crippen LogP contribution in [0.25, 0.3) is 11.4 Å². The molecule has 0 saturated heterocycles. The maximum Gasteiger partial charge on any atom is 0.162 e. The molecular weight excluding hydrogens is 174 g/mol. The van der Waals surface area contributed by atoms with Gasteiger partial charge in [-0.3, -0.25) is 0 Å². The summed E-state index contributed by atoms with van der Waals surface area (Å²) in [6.45, 7) is 4.00. The lowest BCUT2D eigenvalue weighted by atomic mass is 10.2. The maximum absolute atomic E-state index is 4.03. The molecule has 2 rings (SSSR count). The highest BCUT2D eigenvalue weighted by Crippen LogP contribution is 2.10. The molecule has 0 bridgehead atoms. The fourth-order valence-electron chi connectivity index (χ4n) is 0.975. The predicted octanol–water partition coefficient (Wildman–Crippen LogP) is 2.56. The lowest BCUT2D eigenvalue weighted by Crippen LogP contribution is -1.87. The second kappa shape index (κ2) is 5.80. The highest BCUT2D eigenvalue weighted by Gasteiger charge is 1.95. The van der Waals surface area contributed by atoms with Crippen molar-refractivity contribution in [3.8, 4) is 11.4 Å². The second-order valence-electron chi connectivity index (χ2n) is 2.33. The van der Waals surface area contributed by atoms with E-state index in [-0.39, 0.29) is 0 Å². The molecule has 72 valence electrons. The first-order valence-corrected chi connectivity index (χ1v) is 4.64. The number of nitrogens with zero attached hydrogens (tertiary/aromatic N) is 3. The lowest BCUT2D eigenvalue weighted by molar-refractivity contribution is 1.06. The van der Waals surface area contributed by atoms with Crippen LogP contribution < -0.4 is 0 Å². The summed E-state index contributed by atoms with van der Waals surface area (Å²) in [6, 6.07) is 9.81. The van der Waals surface area contributed by atoms with Crippen molar-refractivity contribution in [2.75, 3.05) is 0 Å².